The van der Waals surface area contributed by atoms with Crippen LogP contribution in [-0.4, -0.2) is 362 Å². The number of methoxy groups -OCH3 is 2. The summed E-state index contributed by atoms with van der Waals surface area (Å²) in [5, 5.41) is 71.7. The van der Waals surface area contributed by atoms with E-state index >= 15 is 0 Å². The summed E-state index contributed by atoms with van der Waals surface area (Å²) in [6, 6.07) is 13.3. The minimum absolute atomic E-state index is 0.000830. The molecule has 10 N–H and O–H groups in total. The smallest absolute Gasteiger partial charge is 0.493 e. The van der Waals surface area contributed by atoms with Gasteiger partial charge in [0.05, 0.1) is 150 Å². The average molecular weight is 1920 g/mol. The zero-order chi connectivity index (χ0) is 96.5. The Labute approximate surface area is 776 Å². The number of nitrogens with two attached hydrogens (primary N) is 1. The summed E-state index contributed by atoms with van der Waals surface area (Å²) in [6.07, 6.45) is -16.8. The van der Waals surface area contributed by atoms with Crippen molar-refractivity contribution in [1.82, 2.24) is 20.4 Å². The molecule has 44 nitrogen and oxygen atoms in total. The maximum atomic E-state index is 13.8. The Balaban J connectivity index is 0.000000236. The second-order valence-corrected chi connectivity index (χ2v) is 32.7. The van der Waals surface area contributed by atoms with Gasteiger partial charge in [-0.25, -0.2) is 14.4 Å². The monoisotopic (exact) mass is 1920 g/mol. The Morgan fingerprint density at radius 1 is 0.522 bits per heavy atom. The number of carbonyl (C=O) groups excluding carboxylic acids is 8. The summed E-state index contributed by atoms with van der Waals surface area (Å²) < 4.78 is 148. The highest BCUT2D eigenvalue weighted by atomic mass is 31.0. The highest BCUT2D eigenvalue weighted by Crippen LogP contribution is 2.59. The molecule has 8 aliphatic heterocycles. The molecule has 4 aromatic carbocycles. The summed E-state index contributed by atoms with van der Waals surface area (Å²) in [4.78, 5) is 105. The number of cyclic esters (lactones) is 2. The Kier molecular flexibility index (Phi) is 38.6. The number of Topliss-reactive ketones (excluding diaryl/α,β-unsaturated/α-hetero) is 3. The van der Waals surface area contributed by atoms with Gasteiger partial charge in [0.2, 0.25) is 19.3 Å². The van der Waals surface area contributed by atoms with Crippen LogP contribution in [0.3, 0.4) is 0 Å². The first-order valence-electron chi connectivity index (χ1n) is 44.8. The van der Waals surface area contributed by atoms with Gasteiger partial charge in [-0.2, -0.15) is 0 Å². The molecule has 14 rings (SSSR count). The topological polar surface area (TPSA) is 545 Å². The molecule has 8 heterocycles. The van der Waals surface area contributed by atoms with Crippen molar-refractivity contribution in [2.45, 2.75) is 145 Å². The second-order valence-electron chi connectivity index (χ2n) is 32.7. The lowest BCUT2D eigenvalue weighted by atomic mass is 9.66. The molecule has 2 aliphatic carbocycles. The van der Waals surface area contributed by atoms with Gasteiger partial charge in [-0.1, -0.05) is 6.64 Å². The Hall–Kier alpha value is -8.85. The van der Waals surface area contributed by atoms with E-state index in [9.17, 15) is 69.0 Å². The van der Waals surface area contributed by atoms with E-state index in [-0.39, 0.29) is 157 Å². The van der Waals surface area contributed by atoms with Crippen LogP contribution in [0.1, 0.15) is 104 Å². The third kappa shape index (κ3) is 25.9. The Morgan fingerprint density at radius 3 is 1.36 bits per heavy atom. The molecule has 0 aromatic heterocycles. The molecule has 134 heavy (non-hydrogen) atoms. The quantitative estimate of drug-likeness (QED) is 0.00756. The number of nitrogens with zero attached hydrogens (tertiary/aromatic N) is 2. The van der Waals surface area contributed by atoms with Crippen LogP contribution >= 0.6 is 9.24 Å². The number of esters is 2. The maximum absolute atomic E-state index is 13.8. The standard InChI is InChI=1S/C45H60N2O19.C43H57N3O20.CH5P/c1-24(48)7-6-10-56-11-12-57-13-14-58-20-27(49)19-46-8-9-47(3)45(53)66-41-33(54-4)15-26(16-34(41)55-5)36-28-17-31-32(62-23-61-31)18-29(28)40(30-21-60-43(52)37(30)36)65-44-39(51)38(50)42-35(64-44)22-59-25(2)63-42;1-22-58-20-32-39(62-22)35(50)36(51)41(63-32)64-38-28-14-31-30(60-21-61-31)13-27(28)33(34-29(38)19-59-40(34)52)23-11-24(16-47)37(25(12-23)17-48)65-43(54)66-42(53)46(2)5-4-45-15-26(49)18-57-10-9-56-8-7-55-6-3-44;1-2/h15-18,25,30,35-40,42,44,46,50-51H,6-14,19-23H2,1-5H3;11-14,22,29,32-36,38-39,41,45,47-48,50-51H,3-10,15-21,44H2,1-2H3;2H2,1H3/t25?,30-,35?,36+,37-,38?,39?,40+,42?,44?;22?,29-,32?,33+,34-,35?,36?,38+,39?,41?;/m10./s1/i;;1D. The first kappa shape index (κ1) is 103. The normalized spacial score (nSPS) is 27.1. The minimum atomic E-state index is -1.54. The lowest BCUT2D eigenvalue weighted by Gasteiger charge is -2.47. The summed E-state index contributed by atoms with van der Waals surface area (Å²) >= 11 is 0. The highest BCUT2D eigenvalue weighted by Gasteiger charge is 2.59. The van der Waals surface area contributed by atoms with E-state index in [0.717, 1.165) is 4.90 Å². The number of aliphatic hydroxyl groups is 6. The molecule has 2 amide bonds. The minimum Gasteiger partial charge on any atom is -0.493 e. The van der Waals surface area contributed by atoms with Crippen molar-refractivity contribution in [3.8, 4) is 46.0 Å². The van der Waals surface area contributed by atoms with Crippen molar-refractivity contribution in [2.24, 2.45) is 29.4 Å². The SMILES string of the molecule is CC1OCC2OC(O[C@@H]3c4cc5c(cc4[C@@H](c4cc(CO)c(OC(=O)OC(=O)N(C)CCNCC(=O)COCCOCCOCCN)c(CO)c4)[C@H]4C(=O)OC[C@@H]43)OCO5)C(O)C(O)C2O1.COc1cc([C@H]2c3cc4c(cc3[C@H](OC3OC5COC(C)OC5C(O)C3O)[C@@H]3COC(=O)[C@@H]23)OCO4)cc(OC)c1OC(=O)N(C)CCNCC(=O)COCCOCCOCCCC(C)=O.[2H]CP. The molecular formula is C89H122N5O39P. The fraction of sp³-hybridized carbons (Fsp3) is 0.640. The predicted octanol–water partition coefficient (Wildman–Crippen LogP) is 1.47. The predicted molar refractivity (Wildman–Crippen MR) is 461 cm³/mol. The maximum Gasteiger partial charge on any atom is 0.523 e. The number of benzene rings is 4. The molecule has 10 aliphatic rings. The highest BCUT2D eigenvalue weighted by molar-refractivity contribution is 7.15. The summed E-state index contributed by atoms with van der Waals surface area (Å²) in [5.74, 6) is -4.23. The van der Waals surface area contributed by atoms with E-state index in [4.69, 9.17) is 126 Å². The van der Waals surface area contributed by atoms with Gasteiger partial charge in [0, 0.05) is 96.0 Å². The molecule has 0 spiro atoms. The number of ketones is 3. The van der Waals surface area contributed by atoms with Crippen LogP contribution in [0.2, 0.25) is 0 Å². The number of nitrogens with one attached hydrogen (secondary N) is 2. The van der Waals surface area contributed by atoms with Gasteiger partial charge in [0.15, 0.2) is 71.2 Å². The molecule has 742 valence electrons. The Bertz CT molecular complexity index is 4590. The number of carbonyl (C=O) groups is 8. The van der Waals surface area contributed by atoms with Crippen LogP contribution in [-0.2, 0) is 118 Å². The number of fused-ring (bicyclic) bond motifs is 8. The van der Waals surface area contributed by atoms with E-state index < -0.39 is 165 Å². The van der Waals surface area contributed by atoms with E-state index in [1.807, 2.05) is 0 Å². The van der Waals surface area contributed by atoms with Crippen LogP contribution in [0.25, 0.3) is 0 Å². The number of hydrogen-bond donors (Lipinski definition) is 9. The van der Waals surface area contributed by atoms with Gasteiger partial charge >= 0.3 is 30.3 Å². The van der Waals surface area contributed by atoms with Gasteiger partial charge in [0.1, 0.15) is 73.6 Å². The summed E-state index contributed by atoms with van der Waals surface area (Å²) in [7, 11) is 7.98. The van der Waals surface area contributed by atoms with E-state index in [1.165, 1.54) is 38.3 Å². The van der Waals surface area contributed by atoms with Crippen molar-refractivity contribution >= 4 is 56.9 Å². The molecule has 4 aromatic rings. The van der Waals surface area contributed by atoms with E-state index in [0.29, 0.717) is 135 Å². The van der Waals surface area contributed by atoms with Crippen molar-refractivity contribution in [1.29, 1.82) is 0 Å². The number of amides is 2. The lowest BCUT2D eigenvalue weighted by molar-refractivity contribution is -0.364. The van der Waals surface area contributed by atoms with Gasteiger partial charge in [-0.05, 0) is 109 Å². The molecule has 45 heteroatoms. The first-order chi connectivity index (χ1) is 65.2. The average Bonchev–Trinajstić information content (AvgIpc) is 1.64. The molecule has 0 saturated carbocycles. The number of likely N-dealkylation sites (N-methyl/N-ethyl adjacent to an activating group) is 2. The zero-order valence-corrected chi connectivity index (χ0v) is 76.7. The van der Waals surface area contributed by atoms with Gasteiger partial charge in [-0.3, -0.25) is 19.2 Å². The van der Waals surface area contributed by atoms with Crippen LogP contribution in [0.15, 0.2) is 48.5 Å². The molecule has 6 saturated heterocycles. The fourth-order valence-corrected chi connectivity index (χ4v) is 17.2. The van der Waals surface area contributed by atoms with Crippen LogP contribution in [0, 0.1) is 23.7 Å². The number of rotatable bonds is 44. The van der Waals surface area contributed by atoms with E-state index in [1.54, 1.807) is 64.2 Å². The molecule has 6 fully saturated rings. The third-order valence-corrected chi connectivity index (χ3v) is 23.7. The third-order valence-electron chi connectivity index (χ3n) is 23.7. The zero-order valence-electron chi connectivity index (χ0n) is 76.6. The summed E-state index contributed by atoms with van der Waals surface area (Å²) in [6.45, 7) is 8.32. The molecular weight excluding hydrogens is 1790 g/mol. The molecule has 0 bridgehead atoms. The lowest BCUT2D eigenvalue weighted by Crippen LogP contribution is -2.63. The molecule has 21 atom stereocenters. The van der Waals surface area contributed by atoms with E-state index in [2.05, 4.69) is 19.9 Å². The largest absolute Gasteiger partial charge is 0.523 e. The van der Waals surface area contributed by atoms with Crippen molar-refractivity contribution < 1.29 is 189 Å². The first-order valence-corrected chi connectivity index (χ1v) is 44.9. The fourth-order valence-electron chi connectivity index (χ4n) is 17.2. The number of ether oxygens (including phenoxy) is 25. The van der Waals surface area contributed by atoms with Crippen LogP contribution in [0.4, 0.5) is 14.4 Å². The van der Waals surface area contributed by atoms with Crippen molar-refractivity contribution in [2.75, 3.05) is 200 Å². The second kappa shape index (κ2) is 50.5. The van der Waals surface area contributed by atoms with Gasteiger partial charge in [-0.15, -0.1) is 9.24 Å². The number of aliphatic hydroxyl groups excluding tert-OH is 6. The van der Waals surface area contributed by atoms with Gasteiger partial charge in [0.25, 0.3) is 0 Å². The molecule has 0 radical (unpaired) electrons. The Morgan fingerprint density at radius 2 is 0.933 bits per heavy atom. The van der Waals surface area contributed by atoms with Crippen molar-refractivity contribution in [3.63, 3.8) is 0 Å². The summed E-state index contributed by atoms with van der Waals surface area (Å²) in [5.41, 5.74) is 8.65. The van der Waals surface area contributed by atoms with Crippen LogP contribution in [0.5, 0.6) is 46.0 Å². The number of hydrogen-bond acceptors (Lipinski definition) is 42. The van der Waals surface area contributed by atoms with Crippen molar-refractivity contribution in [3.05, 3.63) is 93.0 Å². The molecule has 13 unspecified atom stereocenters. The van der Waals surface area contributed by atoms with Gasteiger partial charge < -0.3 is 180 Å². The van der Waals surface area contributed by atoms with Crippen LogP contribution < -0.4 is 54.3 Å².